The van der Waals surface area contributed by atoms with Crippen molar-refractivity contribution in [1.29, 1.82) is 0 Å². The Balaban J connectivity index is 1.60. The minimum absolute atomic E-state index is 0.294. The summed E-state index contributed by atoms with van der Waals surface area (Å²) >= 11 is 0. The Bertz CT molecular complexity index is 418. The van der Waals surface area contributed by atoms with Crippen molar-refractivity contribution < 1.29 is 5.11 Å². The highest BCUT2D eigenvalue weighted by atomic mass is 16.3. The standard InChI is InChI=1S/C18H28N2O/c21-13-12-20(17-9-10-17)15-18-8-4-5-11-19(18)14-16-6-2-1-3-7-16/h1-3,6-7,17-18,21H,4-5,8-15H2. The third kappa shape index (κ3) is 4.29. The SMILES string of the molecule is OCCN(CC1CCCCN1Cc1ccccc1)C1CC1. The molecule has 0 spiro atoms. The monoisotopic (exact) mass is 288 g/mol. The number of benzene rings is 1. The first kappa shape index (κ1) is 15.0. The van der Waals surface area contributed by atoms with Crippen LogP contribution in [0.25, 0.3) is 0 Å². The average Bonchev–Trinajstić information content (AvgIpc) is 3.34. The number of likely N-dealkylation sites (tertiary alicyclic amines) is 1. The number of aliphatic hydroxyl groups is 1. The molecule has 1 heterocycles. The molecule has 1 aliphatic heterocycles. The predicted molar refractivity (Wildman–Crippen MR) is 86.2 cm³/mol. The Hall–Kier alpha value is -0.900. The van der Waals surface area contributed by atoms with E-state index in [4.69, 9.17) is 0 Å². The van der Waals surface area contributed by atoms with Crippen LogP contribution in [-0.2, 0) is 6.54 Å². The van der Waals surface area contributed by atoms with Crippen LogP contribution in [0.3, 0.4) is 0 Å². The Labute approximate surface area is 128 Å². The molecular weight excluding hydrogens is 260 g/mol. The molecule has 1 atom stereocenters. The van der Waals surface area contributed by atoms with Gasteiger partial charge in [0.1, 0.15) is 0 Å². The van der Waals surface area contributed by atoms with E-state index in [1.165, 1.54) is 44.2 Å². The summed E-state index contributed by atoms with van der Waals surface area (Å²) in [6.45, 7) is 4.57. The predicted octanol–water partition coefficient (Wildman–Crippen LogP) is 2.50. The molecule has 1 unspecified atom stereocenters. The zero-order valence-electron chi connectivity index (χ0n) is 13.0. The maximum Gasteiger partial charge on any atom is 0.0558 e. The van der Waals surface area contributed by atoms with Gasteiger partial charge in [-0.1, -0.05) is 36.8 Å². The van der Waals surface area contributed by atoms with Crippen molar-refractivity contribution in [3.05, 3.63) is 35.9 Å². The Morgan fingerprint density at radius 1 is 1.10 bits per heavy atom. The van der Waals surface area contributed by atoms with Gasteiger partial charge in [-0.3, -0.25) is 9.80 Å². The molecule has 116 valence electrons. The molecular formula is C18H28N2O. The second kappa shape index (κ2) is 7.39. The Morgan fingerprint density at radius 2 is 1.90 bits per heavy atom. The summed E-state index contributed by atoms with van der Waals surface area (Å²) in [5.74, 6) is 0. The Morgan fingerprint density at radius 3 is 2.62 bits per heavy atom. The van der Waals surface area contributed by atoms with Crippen molar-refractivity contribution in [2.45, 2.75) is 50.7 Å². The summed E-state index contributed by atoms with van der Waals surface area (Å²) in [6, 6.07) is 12.2. The molecule has 1 saturated carbocycles. The fraction of sp³-hybridized carbons (Fsp3) is 0.667. The average molecular weight is 288 g/mol. The molecule has 1 aliphatic carbocycles. The minimum Gasteiger partial charge on any atom is -0.395 e. The van der Waals surface area contributed by atoms with E-state index in [0.717, 1.165) is 25.7 Å². The molecule has 2 fully saturated rings. The third-order valence-corrected chi connectivity index (χ3v) is 4.87. The highest BCUT2D eigenvalue weighted by molar-refractivity contribution is 5.14. The minimum atomic E-state index is 0.294. The molecule has 3 rings (SSSR count). The van der Waals surface area contributed by atoms with Crippen LogP contribution in [0.1, 0.15) is 37.7 Å². The van der Waals surface area contributed by atoms with E-state index < -0.39 is 0 Å². The molecule has 1 aromatic rings. The van der Waals surface area contributed by atoms with Crippen LogP contribution in [0.5, 0.6) is 0 Å². The van der Waals surface area contributed by atoms with Crippen LogP contribution in [-0.4, -0.2) is 53.2 Å². The summed E-state index contributed by atoms with van der Waals surface area (Å²) in [5, 5.41) is 9.29. The lowest BCUT2D eigenvalue weighted by Gasteiger charge is -2.39. The summed E-state index contributed by atoms with van der Waals surface area (Å²) in [6.07, 6.45) is 6.64. The lowest BCUT2D eigenvalue weighted by atomic mass is 10.0. The van der Waals surface area contributed by atoms with E-state index >= 15 is 0 Å². The van der Waals surface area contributed by atoms with Gasteiger partial charge in [0.2, 0.25) is 0 Å². The number of hydrogen-bond acceptors (Lipinski definition) is 3. The normalized spacial score (nSPS) is 23.6. The summed E-state index contributed by atoms with van der Waals surface area (Å²) in [5.41, 5.74) is 1.42. The van der Waals surface area contributed by atoms with Crippen LogP contribution < -0.4 is 0 Å². The molecule has 0 radical (unpaired) electrons. The smallest absolute Gasteiger partial charge is 0.0558 e. The molecule has 0 amide bonds. The molecule has 3 heteroatoms. The fourth-order valence-electron chi connectivity index (χ4n) is 3.55. The van der Waals surface area contributed by atoms with E-state index in [-0.39, 0.29) is 0 Å². The highest BCUT2D eigenvalue weighted by Crippen LogP contribution is 2.29. The van der Waals surface area contributed by atoms with Crippen LogP contribution >= 0.6 is 0 Å². The summed E-state index contributed by atoms with van der Waals surface area (Å²) < 4.78 is 0. The lowest BCUT2D eigenvalue weighted by Crippen LogP contribution is -2.47. The van der Waals surface area contributed by atoms with E-state index in [2.05, 4.69) is 40.1 Å². The van der Waals surface area contributed by atoms with E-state index in [1.54, 1.807) is 0 Å². The van der Waals surface area contributed by atoms with E-state index in [0.29, 0.717) is 12.6 Å². The second-order valence-electron chi connectivity index (χ2n) is 6.56. The maximum atomic E-state index is 9.29. The zero-order valence-corrected chi connectivity index (χ0v) is 13.0. The third-order valence-electron chi connectivity index (χ3n) is 4.87. The van der Waals surface area contributed by atoms with Gasteiger partial charge in [-0.05, 0) is 37.8 Å². The van der Waals surface area contributed by atoms with Crippen molar-refractivity contribution in [1.82, 2.24) is 9.80 Å². The van der Waals surface area contributed by atoms with Gasteiger partial charge in [-0.15, -0.1) is 0 Å². The zero-order chi connectivity index (χ0) is 14.5. The largest absolute Gasteiger partial charge is 0.395 e. The molecule has 1 N–H and O–H groups in total. The number of hydrogen-bond donors (Lipinski definition) is 1. The molecule has 21 heavy (non-hydrogen) atoms. The van der Waals surface area contributed by atoms with Crippen molar-refractivity contribution in [2.75, 3.05) is 26.2 Å². The molecule has 2 aliphatic rings. The molecule has 0 bridgehead atoms. The van der Waals surface area contributed by atoms with Gasteiger partial charge < -0.3 is 5.11 Å². The number of rotatable bonds is 7. The highest BCUT2D eigenvalue weighted by Gasteiger charge is 2.32. The summed E-state index contributed by atoms with van der Waals surface area (Å²) in [7, 11) is 0. The maximum absolute atomic E-state index is 9.29. The molecule has 0 aromatic heterocycles. The molecule has 1 aromatic carbocycles. The number of aliphatic hydroxyl groups excluding tert-OH is 1. The van der Waals surface area contributed by atoms with Gasteiger partial charge in [-0.2, -0.15) is 0 Å². The molecule has 3 nitrogen and oxygen atoms in total. The first-order valence-electron chi connectivity index (χ1n) is 8.49. The van der Waals surface area contributed by atoms with Crippen molar-refractivity contribution in [3.63, 3.8) is 0 Å². The fourth-order valence-corrected chi connectivity index (χ4v) is 3.55. The van der Waals surface area contributed by atoms with Gasteiger partial charge in [0.05, 0.1) is 6.61 Å². The quantitative estimate of drug-likeness (QED) is 0.835. The van der Waals surface area contributed by atoms with Crippen LogP contribution in [0, 0.1) is 0 Å². The second-order valence-corrected chi connectivity index (χ2v) is 6.56. The number of piperidine rings is 1. The van der Waals surface area contributed by atoms with Crippen LogP contribution in [0.2, 0.25) is 0 Å². The van der Waals surface area contributed by atoms with E-state index in [1.807, 2.05) is 0 Å². The van der Waals surface area contributed by atoms with Crippen LogP contribution in [0.4, 0.5) is 0 Å². The van der Waals surface area contributed by atoms with Crippen molar-refractivity contribution >= 4 is 0 Å². The first-order chi connectivity index (χ1) is 10.4. The van der Waals surface area contributed by atoms with Gasteiger partial charge in [0.25, 0.3) is 0 Å². The van der Waals surface area contributed by atoms with Gasteiger partial charge in [-0.25, -0.2) is 0 Å². The topological polar surface area (TPSA) is 26.7 Å². The first-order valence-corrected chi connectivity index (χ1v) is 8.49. The van der Waals surface area contributed by atoms with Gasteiger partial charge in [0, 0.05) is 31.7 Å². The van der Waals surface area contributed by atoms with Gasteiger partial charge in [0.15, 0.2) is 0 Å². The number of nitrogens with zero attached hydrogens (tertiary/aromatic N) is 2. The van der Waals surface area contributed by atoms with Gasteiger partial charge >= 0.3 is 0 Å². The Kier molecular flexibility index (Phi) is 5.28. The van der Waals surface area contributed by atoms with E-state index in [9.17, 15) is 5.11 Å². The van der Waals surface area contributed by atoms with Crippen molar-refractivity contribution in [2.24, 2.45) is 0 Å². The van der Waals surface area contributed by atoms with Crippen molar-refractivity contribution in [3.8, 4) is 0 Å². The molecule has 1 saturated heterocycles. The lowest BCUT2D eigenvalue weighted by molar-refractivity contribution is 0.0854. The summed E-state index contributed by atoms with van der Waals surface area (Å²) in [4.78, 5) is 5.18. The van der Waals surface area contributed by atoms with Crippen LogP contribution in [0.15, 0.2) is 30.3 Å².